The molecule has 0 aromatic heterocycles. The lowest BCUT2D eigenvalue weighted by atomic mass is 10.2. The fourth-order valence-electron chi connectivity index (χ4n) is 0.647. The molecule has 6 nitrogen and oxygen atoms in total. The molecule has 1 unspecified atom stereocenters. The molecule has 0 radical (unpaired) electrons. The van der Waals surface area contributed by atoms with Crippen LogP contribution in [0.3, 0.4) is 0 Å². The maximum Gasteiger partial charge on any atom is 0.338 e. The quantitative estimate of drug-likeness (QED) is 0.442. The van der Waals surface area contributed by atoms with Gasteiger partial charge in [0.05, 0.1) is 11.3 Å². The molecule has 0 aliphatic heterocycles. The Bertz CT molecular complexity index is 150. The van der Waals surface area contributed by atoms with Crippen molar-refractivity contribution in [1.29, 1.82) is 0 Å². The maximum atomic E-state index is 10.4. The van der Waals surface area contributed by atoms with E-state index < -0.39 is 12.1 Å². The number of aliphatic hydroxyl groups is 1. The Labute approximate surface area is 63.9 Å². The van der Waals surface area contributed by atoms with Gasteiger partial charge in [0.1, 0.15) is 0 Å². The Kier molecular flexibility index (Phi) is 4.12. The molecule has 0 rings (SSSR count). The van der Waals surface area contributed by atoms with Crippen molar-refractivity contribution in [3.8, 4) is 0 Å². The number of amides is 2. The number of aliphatic hydroxyl groups excluding tert-OH is 1. The minimum Gasteiger partial charge on any atom is -0.396 e. The molecule has 0 fully saturated rings. The van der Waals surface area contributed by atoms with E-state index in [1.165, 1.54) is 0 Å². The molecule has 0 heterocycles. The smallest absolute Gasteiger partial charge is 0.338 e. The summed E-state index contributed by atoms with van der Waals surface area (Å²) in [5.41, 5.74) is 4.79. The minimum absolute atomic E-state index is 0.111. The van der Waals surface area contributed by atoms with Gasteiger partial charge in [-0.05, 0) is 13.3 Å². The van der Waals surface area contributed by atoms with Gasteiger partial charge in [-0.3, -0.25) is 0 Å². The van der Waals surface area contributed by atoms with Gasteiger partial charge in [0.25, 0.3) is 0 Å². The van der Waals surface area contributed by atoms with E-state index in [-0.39, 0.29) is 13.0 Å². The van der Waals surface area contributed by atoms with Crippen molar-refractivity contribution in [2.75, 3.05) is 6.61 Å². The summed E-state index contributed by atoms with van der Waals surface area (Å²) in [5, 5.41) is 11.4. The first-order chi connectivity index (χ1) is 5.13. The van der Waals surface area contributed by atoms with Crippen LogP contribution in [0.15, 0.2) is 5.29 Å². The van der Waals surface area contributed by atoms with E-state index in [4.69, 9.17) is 10.8 Å². The molecule has 1 atom stereocenters. The molecule has 0 bridgehead atoms. The Balaban J connectivity index is 4.02. The van der Waals surface area contributed by atoms with Gasteiger partial charge in [0.15, 0.2) is 0 Å². The maximum absolute atomic E-state index is 10.4. The topological polar surface area (TPSA) is 96.0 Å². The molecular weight excluding hydrogens is 150 g/mol. The molecule has 64 valence electrons. The van der Waals surface area contributed by atoms with Crippen LogP contribution in [-0.2, 0) is 0 Å². The van der Waals surface area contributed by atoms with Crippen LogP contribution >= 0.6 is 0 Å². The lowest BCUT2D eigenvalue weighted by Gasteiger charge is -2.17. The zero-order valence-corrected chi connectivity index (χ0v) is 6.23. The van der Waals surface area contributed by atoms with E-state index in [9.17, 15) is 9.70 Å². The average Bonchev–Trinajstić information content (AvgIpc) is 1.88. The van der Waals surface area contributed by atoms with Gasteiger partial charge < -0.3 is 10.8 Å². The van der Waals surface area contributed by atoms with Gasteiger partial charge in [-0.1, -0.05) is 0 Å². The summed E-state index contributed by atoms with van der Waals surface area (Å²) < 4.78 is 0. The number of carbonyl (C=O) groups is 1. The number of hydrogen-bond acceptors (Lipinski definition) is 4. The number of primary amides is 1. The summed E-state index contributed by atoms with van der Waals surface area (Å²) in [6.07, 6.45) is 0.286. The van der Waals surface area contributed by atoms with Gasteiger partial charge in [0, 0.05) is 6.61 Å². The summed E-state index contributed by atoms with van der Waals surface area (Å²) >= 11 is 0. The van der Waals surface area contributed by atoms with Crippen LogP contribution in [0.5, 0.6) is 0 Å². The Morgan fingerprint density at radius 3 is 2.64 bits per heavy atom. The lowest BCUT2D eigenvalue weighted by molar-refractivity contribution is 0.172. The van der Waals surface area contributed by atoms with E-state index in [0.29, 0.717) is 5.01 Å². The second-order valence-electron chi connectivity index (χ2n) is 2.13. The predicted octanol–water partition coefficient (Wildman–Crippen LogP) is -0.181. The number of hydrogen-bond donors (Lipinski definition) is 2. The Morgan fingerprint density at radius 2 is 2.36 bits per heavy atom. The number of carbonyl (C=O) groups excluding carboxylic acids is 1. The molecule has 2 amide bonds. The standard InChI is InChI=1S/C5H11N3O3/c1-4(2-3-9)8(7-11)5(6)10/h4,9H,2-3H2,1H3,(H2,6,10). The van der Waals surface area contributed by atoms with Crippen LogP contribution in [0, 0.1) is 4.91 Å². The molecular formula is C5H11N3O3. The molecule has 3 N–H and O–H groups in total. The van der Waals surface area contributed by atoms with E-state index in [1.54, 1.807) is 6.92 Å². The Hall–Kier alpha value is -1.17. The van der Waals surface area contributed by atoms with Gasteiger partial charge in [-0.2, -0.15) is 5.01 Å². The second-order valence-corrected chi connectivity index (χ2v) is 2.13. The fraction of sp³-hybridized carbons (Fsp3) is 0.800. The summed E-state index contributed by atoms with van der Waals surface area (Å²) in [5.74, 6) is 0. The number of rotatable bonds is 4. The molecule has 0 aliphatic carbocycles. The normalized spacial score (nSPS) is 12.2. The highest BCUT2D eigenvalue weighted by Crippen LogP contribution is 2.02. The summed E-state index contributed by atoms with van der Waals surface area (Å²) in [4.78, 5) is 20.4. The van der Waals surface area contributed by atoms with Crippen molar-refractivity contribution in [2.45, 2.75) is 19.4 Å². The molecule has 0 aromatic rings. The third kappa shape index (κ3) is 2.94. The molecule has 0 saturated carbocycles. The second kappa shape index (κ2) is 4.62. The van der Waals surface area contributed by atoms with E-state index >= 15 is 0 Å². The SMILES string of the molecule is CC(CCO)N(N=O)C(N)=O. The van der Waals surface area contributed by atoms with Crippen LogP contribution in [0.1, 0.15) is 13.3 Å². The monoisotopic (exact) mass is 161 g/mol. The van der Waals surface area contributed by atoms with Crippen LogP contribution < -0.4 is 5.73 Å². The molecule has 11 heavy (non-hydrogen) atoms. The average molecular weight is 161 g/mol. The Morgan fingerprint density at radius 1 is 1.82 bits per heavy atom. The number of urea groups is 1. The first-order valence-electron chi connectivity index (χ1n) is 3.16. The summed E-state index contributed by atoms with van der Waals surface area (Å²) in [6.45, 7) is 1.46. The van der Waals surface area contributed by atoms with Crippen LogP contribution in [0.25, 0.3) is 0 Å². The van der Waals surface area contributed by atoms with Crippen molar-refractivity contribution in [2.24, 2.45) is 11.0 Å². The molecule has 0 spiro atoms. The van der Waals surface area contributed by atoms with Gasteiger partial charge in [-0.15, -0.1) is 4.91 Å². The zero-order valence-electron chi connectivity index (χ0n) is 6.23. The highest BCUT2D eigenvalue weighted by atomic mass is 16.3. The highest BCUT2D eigenvalue weighted by Gasteiger charge is 2.17. The van der Waals surface area contributed by atoms with Crippen molar-refractivity contribution in [1.82, 2.24) is 5.01 Å². The van der Waals surface area contributed by atoms with Crippen LogP contribution in [0.2, 0.25) is 0 Å². The lowest BCUT2D eigenvalue weighted by Crippen LogP contribution is -2.38. The van der Waals surface area contributed by atoms with Crippen molar-refractivity contribution in [3.05, 3.63) is 4.91 Å². The molecule has 6 heteroatoms. The van der Waals surface area contributed by atoms with Crippen molar-refractivity contribution >= 4 is 6.03 Å². The van der Waals surface area contributed by atoms with Crippen LogP contribution in [-0.4, -0.2) is 28.8 Å². The minimum atomic E-state index is -0.902. The highest BCUT2D eigenvalue weighted by molar-refractivity contribution is 5.71. The number of nitroso groups, excluding NO2 is 1. The van der Waals surface area contributed by atoms with E-state index in [2.05, 4.69) is 5.29 Å². The molecule has 0 saturated heterocycles. The van der Waals surface area contributed by atoms with E-state index in [0.717, 1.165) is 0 Å². The number of nitrogens with two attached hydrogens (primary N) is 1. The largest absolute Gasteiger partial charge is 0.396 e. The van der Waals surface area contributed by atoms with Gasteiger partial charge in [-0.25, -0.2) is 4.79 Å². The van der Waals surface area contributed by atoms with Crippen molar-refractivity contribution < 1.29 is 9.90 Å². The third-order valence-corrected chi connectivity index (χ3v) is 1.28. The van der Waals surface area contributed by atoms with Crippen molar-refractivity contribution in [3.63, 3.8) is 0 Å². The molecule has 0 aromatic carbocycles. The summed E-state index contributed by atoms with van der Waals surface area (Å²) in [6, 6.07) is -1.35. The molecule has 0 aliphatic rings. The number of nitrogens with zero attached hydrogens (tertiary/aromatic N) is 2. The van der Waals surface area contributed by atoms with Crippen LogP contribution in [0.4, 0.5) is 4.79 Å². The van der Waals surface area contributed by atoms with E-state index in [1.807, 2.05) is 0 Å². The predicted molar refractivity (Wildman–Crippen MR) is 38.4 cm³/mol. The first-order valence-corrected chi connectivity index (χ1v) is 3.16. The summed E-state index contributed by atoms with van der Waals surface area (Å²) in [7, 11) is 0. The fourth-order valence-corrected chi connectivity index (χ4v) is 0.647. The first kappa shape index (κ1) is 9.83. The van der Waals surface area contributed by atoms with Gasteiger partial charge >= 0.3 is 6.03 Å². The van der Waals surface area contributed by atoms with Gasteiger partial charge in [0.2, 0.25) is 0 Å². The zero-order chi connectivity index (χ0) is 8.85. The third-order valence-electron chi connectivity index (χ3n) is 1.28.